The molecule has 7 unspecified atom stereocenters. The summed E-state index contributed by atoms with van der Waals surface area (Å²) in [6, 6.07) is 0. The molecule has 0 aromatic rings. The van der Waals surface area contributed by atoms with Gasteiger partial charge >= 0.3 is 0 Å². The summed E-state index contributed by atoms with van der Waals surface area (Å²) in [7, 11) is 0. The number of hydrogen-bond donors (Lipinski definition) is 1. The van der Waals surface area contributed by atoms with Crippen LogP contribution in [0.25, 0.3) is 0 Å². The van der Waals surface area contributed by atoms with E-state index < -0.39 is 36.3 Å². The lowest BCUT2D eigenvalue weighted by Gasteiger charge is -2.42. The van der Waals surface area contributed by atoms with Gasteiger partial charge in [0.25, 0.3) is 0 Å². The van der Waals surface area contributed by atoms with Crippen molar-refractivity contribution in [2.24, 2.45) is 17.8 Å². The van der Waals surface area contributed by atoms with Gasteiger partial charge in [0.15, 0.2) is 0 Å². The van der Waals surface area contributed by atoms with E-state index in [1.54, 1.807) is 0 Å². The van der Waals surface area contributed by atoms with Gasteiger partial charge in [-0.2, -0.15) is 0 Å². The first kappa shape index (κ1) is 20.0. The summed E-state index contributed by atoms with van der Waals surface area (Å²) < 4.78 is 48.8. The van der Waals surface area contributed by atoms with Crippen molar-refractivity contribution in [1.29, 1.82) is 0 Å². The van der Waals surface area contributed by atoms with E-state index in [2.05, 4.69) is 6.92 Å². The lowest BCUT2D eigenvalue weighted by Crippen LogP contribution is -2.46. The Balaban J connectivity index is 1.77. The fourth-order valence-corrected chi connectivity index (χ4v) is 4.38. The van der Waals surface area contributed by atoms with Crippen molar-refractivity contribution in [3.8, 4) is 0 Å². The summed E-state index contributed by atoms with van der Waals surface area (Å²) in [6.07, 6.45) is 2.56. The molecule has 142 valence electrons. The van der Waals surface area contributed by atoms with Crippen molar-refractivity contribution in [1.82, 2.24) is 0 Å². The molecule has 0 saturated heterocycles. The topological polar surface area (TPSA) is 29.5 Å². The van der Waals surface area contributed by atoms with E-state index in [0.29, 0.717) is 32.3 Å². The molecule has 0 amide bonds. The Morgan fingerprint density at radius 1 is 0.917 bits per heavy atom. The second-order valence-corrected chi connectivity index (χ2v) is 7.62. The summed E-state index contributed by atoms with van der Waals surface area (Å²) in [6.45, 7) is 2.50. The highest BCUT2D eigenvalue weighted by Crippen LogP contribution is 2.44. The van der Waals surface area contributed by atoms with Gasteiger partial charge in [0.05, 0.1) is 6.10 Å². The SMILES string of the molecule is CCCCCCOC1CCC(C2CCC(CO)C(F)C2F)C(F)C1. The van der Waals surface area contributed by atoms with Crippen LogP contribution < -0.4 is 0 Å². The monoisotopic (exact) mass is 350 g/mol. The molecule has 0 aromatic heterocycles. The van der Waals surface area contributed by atoms with Gasteiger partial charge in [-0.1, -0.05) is 26.2 Å². The molecule has 0 aromatic carbocycles. The van der Waals surface area contributed by atoms with Crippen LogP contribution in [0.1, 0.15) is 64.7 Å². The summed E-state index contributed by atoms with van der Waals surface area (Å²) >= 11 is 0. The molecule has 2 saturated carbocycles. The Bertz CT molecular complexity index is 356. The zero-order valence-electron chi connectivity index (χ0n) is 14.8. The third-order valence-corrected chi connectivity index (χ3v) is 5.94. The Hall–Kier alpha value is -0.290. The second-order valence-electron chi connectivity index (χ2n) is 7.62. The van der Waals surface area contributed by atoms with Crippen LogP contribution in [0.3, 0.4) is 0 Å². The molecule has 2 aliphatic rings. The van der Waals surface area contributed by atoms with Crippen LogP contribution >= 0.6 is 0 Å². The van der Waals surface area contributed by atoms with Crippen molar-refractivity contribution in [3.05, 3.63) is 0 Å². The summed E-state index contributed by atoms with van der Waals surface area (Å²) in [4.78, 5) is 0. The Kier molecular flexibility index (Phi) is 8.35. The zero-order chi connectivity index (χ0) is 17.5. The summed E-state index contributed by atoms with van der Waals surface area (Å²) in [5.41, 5.74) is 0. The van der Waals surface area contributed by atoms with Crippen LogP contribution in [0.4, 0.5) is 13.2 Å². The van der Waals surface area contributed by atoms with E-state index in [-0.39, 0.29) is 12.7 Å². The average Bonchev–Trinajstić information content (AvgIpc) is 2.58. The quantitative estimate of drug-likeness (QED) is 0.638. The Morgan fingerprint density at radius 3 is 2.33 bits per heavy atom. The van der Waals surface area contributed by atoms with Crippen molar-refractivity contribution in [2.75, 3.05) is 13.2 Å². The van der Waals surface area contributed by atoms with Gasteiger partial charge in [-0.05, 0) is 43.9 Å². The van der Waals surface area contributed by atoms with Gasteiger partial charge in [-0.25, -0.2) is 13.2 Å². The van der Waals surface area contributed by atoms with Crippen LogP contribution in [0.2, 0.25) is 0 Å². The van der Waals surface area contributed by atoms with Crippen LogP contribution in [0.5, 0.6) is 0 Å². The molecule has 7 atom stereocenters. The van der Waals surface area contributed by atoms with Crippen molar-refractivity contribution >= 4 is 0 Å². The van der Waals surface area contributed by atoms with Crippen molar-refractivity contribution in [3.63, 3.8) is 0 Å². The Morgan fingerprint density at radius 2 is 1.67 bits per heavy atom. The molecule has 0 bridgehead atoms. The zero-order valence-corrected chi connectivity index (χ0v) is 14.8. The predicted octanol–water partition coefficient (Wildman–Crippen LogP) is 4.78. The minimum absolute atomic E-state index is 0.0779. The smallest absolute Gasteiger partial charge is 0.136 e. The standard InChI is InChI=1S/C19H33F3O2/c1-2-3-4-5-10-24-14-7-9-15(17(20)11-14)16-8-6-13(12-23)18(21)19(16)22/h13-19,23H,2-12H2,1H3. The van der Waals surface area contributed by atoms with E-state index in [0.717, 1.165) is 19.3 Å². The summed E-state index contributed by atoms with van der Waals surface area (Å²) in [5, 5.41) is 9.10. The van der Waals surface area contributed by atoms with Crippen LogP contribution in [0, 0.1) is 17.8 Å². The average molecular weight is 350 g/mol. The highest BCUT2D eigenvalue weighted by molar-refractivity contribution is 4.95. The van der Waals surface area contributed by atoms with E-state index >= 15 is 0 Å². The fourth-order valence-electron chi connectivity index (χ4n) is 4.38. The van der Waals surface area contributed by atoms with Gasteiger partial charge in [0.1, 0.15) is 18.5 Å². The maximum absolute atomic E-state index is 14.6. The van der Waals surface area contributed by atoms with E-state index in [1.165, 1.54) is 12.8 Å². The molecule has 24 heavy (non-hydrogen) atoms. The van der Waals surface area contributed by atoms with Crippen molar-refractivity contribution < 1.29 is 23.0 Å². The number of hydrogen-bond acceptors (Lipinski definition) is 2. The molecule has 2 fully saturated rings. The lowest BCUT2D eigenvalue weighted by molar-refractivity contribution is -0.0679. The molecule has 0 heterocycles. The van der Waals surface area contributed by atoms with Gasteiger partial charge in [0, 0.05) is 25.6 Å². The Labute approximate surface area is 144 Å². The number of halogens is 3. The van der Waals surface area contributed by atoms with Crippen LogP contribution in [-0.4, -0.2) is 42.9 Å². The van der Waals surface area contributed by atoms with E-state index in [1.807, 2.05) is 0 Å². The molecule has 0 radical (unpaired) electrons. The number of aliphatic hydroxyl groups excluding tert-OH is 1. The molecule has 0 aliphatic heterocycles. The maximum Gasteiger partial charge on any atom is 0.136 e. The molecule has 1 N–H and O–H groups in total. The number of alkyl halides is 3. The molecular weight excluding hydrogens is 317 g/mol. The lowest BCUT2D eigenvalue weighted by atomic mass is 9.68. The first-order chi connectivity index (χ1) is 11.6. The third kappa shape index (κ3) is 5.10. The van der Waals surface area contributed by atoms with Gasteiger partial charge < -0.3 is 9.84 Å². The highest BCUT2D eigenvalue weighted by atomic mass is 19.2. The number of rotatable bonds is 8. The highest BCUT2D eigenvalue weighted by Gasteiger charge is 2.46. The largest absolute Gasteiger partial charge is 0.396 e. The molecule has 2 aliphatic carbocycles. The second kappa shape index (κ2) is 10.0. The number of aliphatic hydroxyl groups is 1. The molecule has 0 spiro atoms. The first-order valence-electron chi connectivity index (χ1n) is 9.73. The molecule has 2 nitrogen and oxygen atoms in total. The fraction of sp³-hybridized carbons (Fsp3) is 1.00. The minimum atomic E-state index is -1.66. The molecule has 5 heteroatoms. The van der Waals surface area contributed by atoms with E-state index in [4.69, 9.17) is 9.84 Å². The predicted molar refractivity (Wildman–Crippen MR) is 89.2 cm³/mol. The van der Waals surface area contributed by atoms with Crippen LogP contribution in [0.15, 0.2) is 0 Å². The number of unbranched alkanes of at least 4 members (excludes halogenated alkanes) is 3. The van der Waals surface area contributed by atoms with Crippen molar-refractivity contribution in [2.45, 2.75) is 89.3 Å². The van der Waals surface area contributed by atoms with Gasteiger partial charge in [0.2, 0.25) is 0 Å². The first-order valence-corrected chi connectivity index (χ1v) is 9.73. The van der Waals surface area contributed by atoms with Gasteiger partial charge in [-0.3, -0.25) is 0 Å². The molecule has 2 rings (SSSR count). The van der Waals surface area contributed by atoms with Crippen LogP contribution in [-0.2, 0) is 4.74 Å². The number of ether oxygens (including phenoxy) is 1. The normalized spacial score (nSPS) is 40.6. The minimum Gasteiger partial charge on any atom is -0.396 e. The molecular formula is C19H33F3O2. The van der Waals surface area contributed by atoms with E-state index in [9.17, 15) is 13.2 Å². The summed E-state index contributed by atoms with van der Waals surface area (Å²) in [5.74, 6) is -1.58. The maximum atomic E-state index is 14.6. The third-order valence-electron chi connectivity index (χ3n) is 5.94. The van der Waals surface area contributed by atoms with Gasteiger partial charge in [-0.15, -0.1) is 0 Å².